The lowest BCUT2D eigenvalue weighted by Gasteiger charge is -2.07. The van der Waals surface area contributed by atoms with E-state index in [2.05, 4.69) is 5.32 Å². The van der Waals surface area contributed by atoms with Crippen molar-refractivity contribution in [2.24, 2.45) is 5.73 Å². The van der Waals surface area contributed by atoms with Gasteiger partial charge in [-0.2, -0.15) is 0 Å². The highest BCUT2D eigenvalue weighted by atomic mass is 16.4. The summed E-state index contributed by atoms with van der Waals surface area (Å²) in [4.78, 5) is 21.3. The average molecular weight is 236 g/mol. The molecule has 0 aliphatic rings. The Hall–Kier alpha value is -1.88. The molecule has 5 nitrogen and oxygen atoms in total. The number of nitrogens with two attached hydrogens (primary N) is 1. The summed E-state index contributed by atoms with van der Waals surface area (Å²) in [7, 11) is 0. The summed E-state index contributed by atoms with van der Waals surface area (Å²) in [5.74, 6) is -1.09. The Morgan fingerprint density at radius 2 is 1.82 bits per heavy atom. The molecule has 1 rings (SSSR count). The summed E-state index contributed by atoms with van der Waals surface area (Å²) in [5, 5.41) is 11.4. The lowest BCUT2D eigenvalue weighted by molar-refractivity contribution is -0.138. The molecule has 0 aliphatic heterocycles. The van der Waals surface area contributed by atoms with E-state index in [4.69, 9.17) is 10.8 Å². The molecule has 1 atom stereocenters. The second-order valence-corrected chi connectivity index (χ2v) is 3.88. The molecule has 0 heterocycles. The number of carbonyl (C=O) groups excluding carboxylic acids is 1. The second-order valence-electron chi connectivity index (χ2n) is 3.88. The Labute approximate surface area is 99.6 Å². The summed E-state index contributed by atoms with van der Waals surface area (Å²) in [5.41, 5.74) is 7.26. The Bertz CT molecular complexity index is 401. The van der Waals surface area contributed by atoms with Crippen LogP contribution in [0.25, 0.3) is 0 Å². The zero-order chi connectivity index (χ0) is 12.8. The molecule has 0 spiro atoms. The van der Waals surface area contributed by atoms with Crippen LogP contribution in [-0.4, -0.2) is 23.0 Å². The summed E-state index contributed by atoms with van der Waals surface area (Å²) in [6.45, 7) is 1.93. The van der Waals surface area contributed by atoms with Gasteiger partial charge in [0.2, 0.25) is 5.91 Å². The number of carbonyl (C=O) groups is 2. The maximum Gasteiger partial charge on any atom is 0.320 e. The van der Waals surface area contributed by atoms with Crippen molar-refractivity contribution in [1.82, 2.24) is 5.32 Å². The molecule has 5 heteroatoms. The third-order valence-corrected chi connectivity index (χ3v) is 2.34. The van der Waals surface area contributed by atoms with E-state index in [0.29, 0.717) is 13.0 Å². The highest BCUT2D eigenvalue weighted by molar-refractivity contribution is 5.73. The predicted molar refractivity (Wildman–Crippen MR) is 63.3 cm³/mol. The van der Waals surface area contributed by atoms with E-state index >= 15 is 0 Å². The number of amides is 1. The van der Waals surface area contributed by atoms with Crippen LogP contribution in [-0.2, 0) is 22.6 Å². The van der Waals surface area contributed by atoms with Gasteiger partial charge in [-0.15, -0.1) is 0 Å². The zero-order valence-electron chi connectivity index (χ0n) is 9.64. The molecule has 1 aromatic carbocycles. The van der Waals surface area contributed by atoms with Crippen LogP contribution in [0.3, 0.4) is 0 Å². The molecule has 0 aliphatic carbocycles. The molecule has 0 bridgehead atoms. The number of hydrogen-bond donors (Lipinski definition) is 3. The van der Waals surface area contributed by atoms with Gasteiger partial charge in [-0.05, 0) is 17.5 Å². The lowest BCUT2D eigenvalue weighted by Crippen LogP contribution is -2.32. The van der Waals surface area contributed by atoms with E-state index < -0.39 is 12.0 Å². The van der Waals surface area contributed by atoms with Gasteiger partial charge in [-0.3, -0.25) is 9.59 Å². The van der Waals surface area contributed by atoms with Gasteiger partial charge in [0.05, 0.1) is 0 Å². The minimum Gasteiger partial charge on any atom is -0.480 e. The summed E-state index contributed by atoms with van der Waals surface area (Å²) in [6.07, 6.45) is 0.301. The van der Waals surface area contributed by atoms with Crippen LogP contribution < -0.4 is 11.1 Å². The first-order chi connectivity index (χ1) is 7.99. The Morgan fingerprint density at radius 3 is 2.29 bits per heavy atom. The van der Waals surface area contributed by atoms with E-state index in [-0.39, 0.29) is 5.91 Å². The number of hydrogen-bond acceptors (Lipinski definition) is 3. The molecule has 1 amide bonds. The second kappa shape index (κ2) is 6.00. The minimum atomic E-state index is -1.01. The molecule has 92 valence electrons. The molecular weight excluding hydrogens is 220 g/mol. The van der Waals surface area contributed by atoms with Crippen molar-refractivity contribution in [3.05, 3.63) is 35.4 Å². The van der Waals surface area contributed by atoms with Crippen LogP contribution in [0.15, 0.2) is 24.3 Å². The number of carboxylic acid groups (broad SMARTS) is 1. The van der Waals surface area contributed by atoms with Crippen molar-refractivity contribution in [3.8, 4) is 0 Å². The molecule has 0 saturated carbocycles. The van der Waals surface area contributed by atoms with Crippen LogP contribution in [0.4, 0.5) is 0 Å². The number of rotatable bonds is 5. The van der Waals surface area contributed by atoms with E-state index in [9.17, 15) is 9.59 Å². The van der Waals surface area contributed by atoms with Crippen LogP contribution in [0.5, 0.6) is 0 Å². The lowest BCUT2D eigenvalue weighted by atomic mass is 10.0. The van der Waals surface area contributed by atoms with Gasteiger partial charge in [0.1, 0.15) is 6.04 Å². The topological polar surface area (TPSA) is 92.4 Å². The van der Waals surface area contributed by atoms with Gasteiger partial charge in [-0.25, -0.2) is 0 Å². The normalized spacial score (nSPS) is 11.9. The minimum absolute atomic E-state index is 0.0815. The van der Waals surface area contributed by atoms with Gasteiger partial charge in [0.15, 0.2) is 0 Å². The van der Waals surface area contributed by atoms with Crippen molar-refractivity contribution in [1.29, 1.82) is 0 Å². The van der Waals surface area contributed by atoms with Gasteiger partial charge < -0.3 is 16.2 Å². The van der Waals surface area contributed by atoms with Gasteiger partial charge in [0, 0.05) is 13.5 Å². The molecular formula is C12H16N2O3. The summed E-state index contributed by atoms with van der Waals surface area (Å²) < 4.78 is 0. The molecule has 0 saturated heterocycles. The van der Waals surface area contributed by atoms with E-state index in [1.165, 1.54) is 6.92 Å². The number of carboxylic acids is 1. The van der Waals surface area contributed by atoms with Gasteiger partial charge >= 0.3 is 5.97 Å². The first-order valence-electron chi connectivity index (χ1n) is 5.29. The first kappa shape index (κ1) is 13.2. The Balaban J connectivity index is 2.55. The number of benzene rings is 1. The Morgan fingerprint density at radius 1 is 1.29 bits per heavy atom. The molecule has 0 fully saturated rings. The summed E-state index contributed by atoms with van der Waals surface area (Å²) in [6, 6.07) is 6.45. The van der Waals surface area contributed by atoms with Crippen molar-refractivity contribution < 1.29 is 14.7 Å². The summed E-state index contributed by atoms with van der Waals surface area (Å²) >= 11 is 0. The molecule has 0 aromatic heterocycles. The van der Waals surface area contributed by atoms with Crippen molar-refractivity contribution in [3.63, 3.8) is 0 Å². The molecule has 17 heavy (non-hydrogen) atoms. The quantitative estimate of drug-likeness (QED) is 0.684. The van der Waals surface area contributed by atoms with Crippen LogP contribution in [0.2, 0.25) is 0 Å². The zero-order valence-corrected chi connectivity index (χ0v) is 9.64. The Kier molecular flexibility index (Phi) is 4.66. The number of aliphatic carboxylic acids is 1. The van der Waals surface area contributed by atoms with Gasteiger partial charge in [0.25, 0.3) is 0 Å². The SMILES string of the molecule is CC(=O)NCc1ccc(C[C@H](N)C(=O)O)cc1. The molecule has 0 radical (unpaired) electrons. The third kappa shape index (κ3) is 4.65. The van der Waals surface area contributed by atoms with Gasteiger partial charge in [-0.1, -0.05) is 24.3 Å². The van der Waals surface area contributed by atoms with Crippen molar-refractivity contribution in [2.45, 2.75) is 25.9 Å². The first-order valence-corrected chi connectivity index (χ1v) is 5.29. The fourth-order valence-corrected chi connectivity index (χ4v) is 1.36. The van der Waals surface area contributed by atoms with Crippen molar-refractivity contribution >= 4 is 11.9 Å². The highest BCUT2D eigenvalue weighted by Gasteiger charge is 2.11. The van der Waals surface area contributed by atoms with Crippen LogP contribution in [0.1, 0.15) is 18.1 Å². The standard InChI is InChI=1S/C12H16N2O3/c1-8(15)14-7-10-4-2-9(3-5-10)6-11(13)12(16)17/h2-5,11H,6-7,13H2,1H3,(H,14,15)(H,16,17)/t11-/m0/s1. The molecule has 4 N–H and O–H groups in total. The maximum absolute atomic E-state index is 10.7. The number of nitrogens with one attached hydrogen (secondary N) is 1. The fourth-order valence-electron chi connectivity index (χ4n) is 1.36. The highest BCUT2D eigenvalue weighted by Crippen LogP contribution is 2.06. The third-order valence-electron chi connectivity index (χ3n) is 2.34. The molecule has 0 unspecified atom stereocenters. The van der Waals surface area contributed by atoms with Crippen molar-refractivity contribution in [2.75, 3.05) is 0 Å². The predicted octanol–water partition coefficient (Wildman–Crippen LogP) is 0.277. The van der Waals surface area contributed by atoms with E-state index in [1.54, 1.807) is 0 Å². The maximum atomic E-state index is 10.7. The van der Waals surface area contributed by atoms with Crippen LogP contribution >= 0.6 is 0 Å². The fraction of sp³-hybridized carbons (Fsp3) is 0.333. The van der Waals surface area contributed by atoms with Crippen LogP contribution in [0, 0.1) is 0 Å². The molecule has 1 aromatic rings. The largest absolute Gasteiger partial charge is 0.480 e. The van der Waals surface area contributed by atoms with E-state index in [0.717, 1.165) is 11.1 Å². The monoisotopic (exact) mass is 236 g/mol. The average Bonchev–Trinajstić information content (AvgIpc) is 2.28. The smallest absolute Gasteiger partial charge is 0.320 e. The van der Waals surface area contributed by atoms with E-state index in [1.807, 2.05) is 24.3 Å².